The van der Waals surface area contributed by atoms with Crippen molar-refractivity contribution in [2.24, 2.45) is 47.2 Å². The number of benzene rings is 3. The summed E-state index contributed by atoms with van der Waals surface area (Å²) in [5.74, 6) is -6.29. The Kier molecular flexibility index (Phi) is 14.1. The summed E-state index contributed by atoms with van der Waals surface area (Å²) in [6.07, 6.45) is 18.6. The minimum atomic E-state index is -2.66. The molecule has 4 aliphatic carbocycles. The lowest BCUT2D eigenvalue weighted by Crippen LogP contribution is -2.55. The fraction of sp³-hybridized carbons (Fsp3) is 0.481. The van der Waals surface area contributed by atoms with Crippen LogP contribution in [0.1, 0.15) is 106 Å². The summed E-state index contributed by atoms with van der Waals surface area (Å²) in [7, 11) is 0. The van der Waals surface area contributed by atoms with Gasteiger partial charge in [-0.1, -0.05) is 110 Å². The molecular formula is C52H63NO8. The number of carboxylic acid groups (broad SMARTS) is 1. The Labute approximate surface area is 359 Å². The third kappa shape index (κ3) is 9.64. The second-order valence-electron chi connectivity index (χ2n) is 18.4. The summed E-state index contributed by atoms with van der Waals surface area (Å²) in [6, 6.07) is 23.1. The zero-order chi connectivity index (χ0) is 43.1. The number of unbranched alkanes of at least 4 members (excludes halogenated alkanes) is 2. The first-order valence-corrected chi connectivity index (χ1v) is 22.5. The van der Waals surface area contributed by atoms with E-state index in [-0.39, 0.29) is 47.5 Å². The van der Waals surface area contributed by atoms with E-state index in [4.69, 9.17) is 5.73 Å². The Balaban J connectivity index is 1.25. The molecule has 9 atom stereocenters. The number of aldehydes is 2. The molecule has 1 saturated carbocycles. The van der Waals surface area contributed by atoms with Crippen LogP contribution in [0.3, 0.4) is 0 Å². The van der Waals surface area contributed by atoms with Crippen molar-refractivity contribution in [1.82, 2.24) is 0 Å². The van der Waals surface area contributed by atoms with Gasteiger partial charge in [0.15, 0.2) is 5.79 Å². The number of carboxylic acids is 1. The van der Waals surface area contributed by atoms with Gasteiger partial charge < -0.3 is 40.9 Å². The van der Waals surface area contributed by atoms with Crippen molar-refractivity contribution < 1.29 is 39.9 Å². The van der Waals surface area contributed by atoms with E-state index in [9.17, 15) is 39.9 Å². The summed E-state index contributed by atoms with van der Waals surface area (Å²) in [5, 5.41) is 58.7. The molecule has 2 bridgehead atoms. The van der Waals surface area contributed by atoms with Crippen LogP contribution in [0.4, 0.5) is 0 Å². The van der Waals surface area contributed by atoms with E-state index in [1.165, 1.54) is 5.57 Å². The van der Waals surface area contributed by atoms with Crippen LogP contribution in [0.2, 0.25) is 0 Å². The minimum Gasteiger partial charge on any atom is -0.511 e. The number of rotatable bonds is 15. The lowest BCUT2D eigenvalue weighted by Gasteiger charge is -2.51. The minimum absolute atomic E-state index is 0.00235. The average molecular weight is 830 g/mol. The number of phenolic OH excluding ortho intramolecular Hbond substituents is 1. The maximum atomic E-state index is 13.9. The van der Waals surface area contributed by atoms with E-state index in [0.29, 0.717) is 38.5 Å². The van der Waals surface area contributed by atoms with E-state index in [1.807, 2.05) is 54.6 Å². The SMILES string of the molecule is NCCC1=CC(C(C=O)CCCCCC2CC=CC(C(O)(O)CC=O)C(C(=O)O)C3(CCC4C=c5ccccc5=C(O)C4C3)c3cccc(c3)CC2c2ccc(O)cc2)CC1. The molecular weight excluding hydrogens is 767 g/mol. The van der Waals surface area contributed by atoms with Gasteiger partial charge in [-0.3, -0.25) is 4.79 Å². The summed E-state index contributed by atoms with van der Waals surface area (Å²) < 4.78 is 0. The van der Waals surface area contributed by atoms with Gasteiger partial charge in [0, 0.05) is 28.4 Å². The van der Waals surface area contributed by atoms with Crippen molar-refractivity contribution in [2.45, 2.75) is 107 Å². The number of nitrogens with two attached hydrogens (primary N) is 1. The molecule has 4 aliphatic rings. The third-order valence-electron chi connectivity index (χ3n) is 14.8. The zero-order valence-corrected chi connectivity index (χ0v) is 35.2. The number of allylic oxidation sites excluding steroid dienone is 2. The van der Waals surface area contributed by atoms with Crippen LogP contribution in [-0.2, 0) is 26.2 Å². The number of aliphatic hydroxyl groups excluding tert-OH is 1. The second-order valence-corrected chi connectivity index (χ2v) is 18.4. The summed E-state index contributed by atoms with van der Waals surface area (Å²) in [4.78, 5) is 38.1. The first-order valence-electron chi connectivity index (χ1n) is 22.5. The van der Waals surface area contributed by atoms with Gasteiger partial charge in [-0.25, -0.2) is 0 Å². The van der Waals surface area contributed by atoms with Crippen LogP contribution in [0, 0.1) is 41.4 Å². The lowest BCUT2D eigenvalue weighted by molar-refractivity contribution is -0.212. The van der Waals surface area contributed by atoms with Crippen molar-refractivity contribution in [3.63, 3.8) is 0 Å². The topological polar surface area (TPSA) is 178 Å². The molecule has 1 fully saturated rings. The van der Waals surface area contributed by atoms with Crippen LogP contribution < -0.4 is 16.2 Å². The smallest absolute Gasteiger partial charge is 0.308 e. The van der Waals surface area contributed by atoms with Crippen LogP contribution in [0.25, 0.3) is 11.8 Å². The highest BCUT2D eigenvalue weighted by Gasteiger charge is 2.56. The first-order chi connectivity index (χ1) is 29.5. The van der Waals surface area contributed by atoms with Gasteiger partial charge in [-0.05, 0) is 128 Å². The number of fused-ring (bicyclic) bond motifs is 5. The summed E-state index contributed by atoms with van der Waals surface area (Å²) in [6.45, 7) is 0.623. The van der Waals surface area contributed by atoms with E-state index < -0.39 is 41.3 Å². The highest BCUT2D eigenvalue weighted by Crippen LogP contribution is 2.55. The van der Waals surface area contributed by atoms with Crippen molar-refractivity contribution >= 4 is 30.4 Å². The second kappa shape index (κ2) is 19.5. The lowest BCUT2D eigenvalue weighted by atomic mass is 9.52. The number of aromatic hydroxyl groups is 1. The molecule has 0 amide bonds. The Morgan fingerprint density at radius 2 is 1.74 bits per heavy atom. The quantitative estimate of drug-likeness (QED) is 0.0402. The molecule has 0 heterocycles. The molecule has 3 aromatic carbocycles. The number of carbonyl (C=O) groups is 3. The predicted octanol–water partition coefficient (Wildman–Crippen LogP) is 7.15. The van der Waals surface area contributed by atoms with Gasteiger partial charge in [0.05, 0.1) is 12.3 Å². The molecule has 1 spiro atoms. The molecule has 7 N–H and O–H groups in total. The summed E-state index contributed by atoms with van der Waals surface area (Å²) in [5.41, 5.74) is 8.84. The molecule has 7 rings (SSSR count). The summed E-state index contributed by atoms with van der Waals surface area (Å²) >= 11 is 0. The number of carbonyl (C=O) groups excluding carboxylic acids is 2. The Hall–Kier alpha value is -4.83. The molecule has 0 aliphatic heterocycles. The molecule has 3 aromatic rings. The maximum Gasteiger partial charge on any atom is 0.308 e. The molecule has 9 unspecified atom stereocenters. The fourth-order valence-electron chi connectivity index (χ4n) is 11.6. The molecule has 0 radical (unpaired) electrons. The largest absolute Gasteiger partial charge is 0.511 e. The van der Waals surface area contributed by atoms with Crippen molar-refractivity contribution in [3.8, 4) is 5.75 Å². The molecule has 9 heteroatoms. The van der Waals surface area contributed by atoms with E-state index in [1.54, 1.807) is 18.2 Å². The number of hydrogen-bond acceptors (Lipinski definition) is 8. The third-order valence-corrected chi connectivity index (χ3v) is 14.8. The first kappa shape index (κ1) is 44.2. The van der Waals surface area contributed by atoms with Gasteiger partial charge in [0.2, 0.25) is 0 Å². The van der Waals surface area contributed by atoms with Gasteiger partial charge in [-0.2, -0.15) is 0 Å². The zero-order valence-electron chi connectivity index (χ0n) is 35.2. The van der Waals surface area contributed by atoms with Gasteiger partial charge >= 0.3 is 5.97 Å². The molecule has 324 valence electrons. The van der Waals surface area contributed by atoms with E-state index >= 15 is 0 Å². The fourth-order valence-corrected chi connectivity index (χ4v) is 11.6. The number of phenols is 1. The number of aliphatic hydroxyl groups is 3. The average Bonchev–Trinajstić information content (AvgIpc) is 3.71. The number of hydrogen-bond donors (Lipinski definition) is 6. The highest BCUT2D eigenvalue weighted by atomic mass is 16.5. The van der Waals surface area contributed by atoms with Crippen LogP contribution >= 0.6 is 0 Å². The number of aliphatic carboxylic acids is 1. The van der Waals surface area contributed by atoms with Crippen LogP contribution in [0.5, 0.6) is 5.75 Å². The van der Waals surface area contributed by atoms with Gasteiger partial charge in [0.25, 0.3) is 0 Å². The van der Waals surface area contributed by atoms with Crippen LogP contribution in [-0.4, -0.2) is 56.4 Å². The maximum absolute atomic E-state index is 13.9. The van der Waals surface area contributed by atoms with E-state index in [2.05, 4.69) is 24.3 Å². The van der Waals surface area contributed by atoms with Crippen molar-refractivity contribution in [1.29, 1.82) is 0 Å². The van der Waals surface area contributed by atoms with Crippen molar-refractivity contribution in [2.75, 3.05) is 6.54 Å². The van der Waals surface area contributed by atoms with E-state index in [0.717, 1.165) is 84.8 Å². The molecule has 0 aromatic heterocycles. The highest BCUT2D eigenvalue weighted by molar-refractivity contribution is 5.74. The van der Waals surface area contributed by atoms with Gasteiger partial charge in [0.1, 0.15) is 24.1 Å². The molecule has 61 heavy (non-hydrogen) atoms. The Bertz CT molecular complexity index is 2210. The monoisotopic (exact) mass is 829 g/mol. The van der Waals surface area contributed by atoms with Gasteiger partial charge in [-0.15, -0.1) is 0 Å². The predicted molar refractivity (Wildman–Crippen MR) is 237 cm³/mol. The molecule has 0 saturated heterocycles. The standard InChI is InChI=1S/C52H63NO8/c53-26-23-34-16-17-38(28-34)41(33-55)11-3-1-2-9-36-12-7-15-47(52(60,61)25-27-54)48(50(58)59)51(24-22-40-31-39-10-4-5-14-44(39)49(57)46(40)32-51)42-13-6-8-35(29-42)30-45(36)37-18-20-43(56)21-19-37/h4-8,10,13-15,18-21,27-29,31,33,36,38,40-41,45-48,56-57,60-61H,1-3,9,11-12,16-17,22-26,30,32,53H2,(H,58,59). The van der Waals surface area contributed by atoms with Crippen LogP contribution in [0.15, 0.2) is 96.6 Å². The van der Waals surface area contributed by atoms with Crippen molar-refractivity contribution in [3.05, 3.63) is 124 Å². The Morgan fingerprint density at radius 3 is 2.49 bits per heavy atom. The normalized spacial score (nSPS) is 28.0. The Morgan fingerprint density at radius 1 is 0.934 bits per heavy atom. The molecule has 9 nitrogen and oxygen atoms in total.